The van der Waals surface area contributed by atoms with Gasteiger partial charge in [-0.1, -0.05) is 12.1 Å². The third kappa shape index (κ3) is 3.00. The van der Waals surface area contributed by atoms with E-state index in [1.165, 1.54) is 5.69 Å². The summed E-state index contributed by atoms with van der Waals surface area (Å²) < 4.78 is 0. The summed E-state index contributed by atoms with van der Waals surface area (Å²) in [5.74, 6) is 1.39. The van der Waals surface area contributed by atoms with Gasteiger partial charge in [-0.25, -0.2) is 4.98 Å². The van der Waals surface area contributed by atoms with Gasteiger partial charge in [0.1, 0.15) is 12.3 Å². The van der Waals surface area contributed by atoms with Gasteiger partial charge in [-0.3, -0.25) is 0 Å². The van der Waals surface area contributed by atoms with Crippen LogP contribution >= 0.6 is 0 Å². The molecule has 0 bridgehead atoms. The van der Waals surface area contributed by atoms with Gasteiger partial charge in [-0.05, 0) is 36.4 Å². The second kappa shape index (κ2) is 5.93. The topological polar surface area (TPSA) is 56.6 Å². The molecule has 1 saturated heterocycles. The Labute approximate surface area is 135 Å². The smallest absolute Gasteiger partial charge is 0.162 e. The molecule has 0 amide bonds. The Kier molecular flexibility index (Phi) is 3.63. The molecular weight excluding hydrogens is 288 g/mol. The van der Waals surface area contributed by atoms with Gasteiger partial charge >= 0.3 is 0 Å². The zero-order valence-corrected chi connectivity index (χ0v) is 13.0. The van der Waals surface area contributed by atoms with Crippen LogP contribution in [0.2, 0.25) is 0 Å². The quantitative estimate of drug-likeness (QED) is 0.681. The lowest BCUT2D eigenvalue weighted by Gasteiger charge is -2.33. The molecule has 23 heavy (non-hydrogen) atoms. The van der Waals surface area contributed by atoms with Crippen molar-refractivity contribution in [2.75, 3.05) is 31.1 Å². The highest BCUT2D eigenvalue weighted by molar-refractivity contribution is 5.74. The summed E-state index contributed by atoms with van der Waals surface area (Å²) in [6.45, 7) is 5.19. The highest BCUT2D eigenvalue weighted by Gasteiger charge is 2.21. The van der Waals surface area contributed by atoms with Crippen LogP contribution in [-0.2, 0) is 6.54 Å². The Bertz CT molecular complexity index is 755. The summed E-state index contributed by atoms with van der Waals surface area (Å²) in [6, 6.07) is 15.7. The Morgan fingerprint density at radius 3 is 2.52 bits per heavy atom. The van der Waals surface area contributed by atoms with Crippen LogP contribution in [0.4, 0.5) is 5.69 Å². The molecule has 118 valence electrons. The molecule has 2 heterocycles. The number of nitrogens with one attached hydrogen (secondary N) is 2. The zero-order valence-electron chi connectivity index (χ0n) is 13.0. The van der Waals surface area contributed by atoms with Crippen LogP contribution in [0.25, 0.3) is 11.0 Å². The summed E-state index contributed by atoms with van der Waals surface area (Å²) in [7, 11) is 0. The number of hydrogen-bond acceptors (Lipinski definition) is 3. The summed E-state index contributed by atoms with van der Waals surface area (Å²) in [6.07, 6.45) is 0. The van der Waals surface area contributed by atoms with Gasteiger partial charge < -0.3 is 19.9 Å². The maximum atomic E-state index is 9.39. The first-order valence-corrected chi connectivity index (χ1v) is 8.09. The minimum absolute atomic E-state index is 0.322. The van der Waals surface area contributed by atoms with Crippen LogP contribution in [-0.4, -0.2) is 41.3 Å². The van der Waals surface area contributed by atoms with Gasteiger partial charge in [0.15, 0.2) is 5.82 Å². The van der Waals surface area contributed by atoms with E-state index in [2.05, 4.69) is 20.9 Å². The fourth-order valence-electron chi connectivity index (χ4n) is 3.25. The number of benzene rings is 2. The van der Waals surface area contributed by atoms with Crippen molar-refractivity contribution in [3.8, 4) is 5.75 Å². The zero-order chi connectivity index (χ0) is 15.6. The molecule has 5 nitrogen and oxygen atoms in total. The van der Waals surface area contributed by atoms with E-state index in [1.807, 2.05) is 30.3 Å². The maximum absolute atomic E-state index is 9.39. The van der Waals surface area contributed by atoms with Gasteiger partial charge in [-0.2, -0.15) is 0 Å². The third-order valence-corrected chi connectivity index (χ3v) is 4.54. The Hall–Kier alpha value is -2.53. The molecule has 3 N–H and O–H groups in total. The highest BCUT2D eigenvalue weighted by Crippen LogP contribution is 2.18. The number of piperazine rings is 1. The normalized spacial score (nSPS) is 16.1. The number of anilines is 1. The van der Waals surface area contributed by atoms with Gasteiger partial charge in [0.2, 0.25) is 0 Å². The lowest BCUT2D eigenvalue weighted by atomic mass is 10.2. The largest absolute Gasteiger partial charge is 0.508 e. The number of fused-ring (bicyclic) bond motifs is 1. The molecule has 0 unspecified atom stereocenters. The first-order chi connectivity index (χ1) is 11.3. The number of imidazole rings is 1. The minimum atomic E-state index is 0.322. The molecular formula is C18H21N4O+. The second-order valence-electron chi connectivity index (χ2n) is 6.13. The predicted octanol–water partition coefficient (Wildman–Crippen LogP) is 1.17. The number of aromatic hydroxyl groups is 1. The van der Waals surface area contributed by atoms with Crippen LogP contribution < -0.4 is 9.80 Å². The molecule has 0 radical (unpaired) electrons. The summed E-state index contributed by atoms with van der Waals surface area (Å²) >= 11 is 0. The van der Waals surface area contributed by atoms with Crippen molar-refractivity contribution in [1.82, 2.24) is 9.97 Å². The number of phenols is 1. The van der Waals surface area contributed by atoms with Crippen molar-refractivity contribution in [2.45, 2.75) is 6.54 Å². The van der Waals surface area contributed by atoms with Crippen molar-refractivity contribution in [3.63, 3.8) is 0 Å². The first kappa shape index (κ1) is 14.1. The van der Waals surface area contributed by atoms with E-state index in [0.29, 0.717) is 5.75 Å². The number of rotatable bonds is 3. The molecule has 0 spiro atoms. The SMILES string of the molecule is Oc1ccc(N2CC[NH+](Cc3nc4ccccc4[nH]3)CC2)cc1. The van der Waals surface area contributed by atoms with Gasteiger partial charge in [0, 0.05) is 5.69 Å². The second-order valence-corrected chi connectivity index (χ2v) is 6.13. The molecule has 2 aromatic carbocycles. The van der Waals surface area contributed by atoms with Crippen LogP contribution in [0, 0.1) is 0 Å². The van der Waals surface area contributed by atoms with E-state index in [9.17, 15) is 5.11 Å². The van der Waals surface area contributed by atoms with E-state index in [1.54, 1.807) is 17.0 Å². The van der Waals surface area contributed by atoms with Crippen molar-refractivity contribution in [3.05, 3.63) is 54.4 Å². The standard InChI is InChI=1S/C18H20N4O/c23-15-7-5-14(6-8-15)22-11-9-21(10-12-22)13-18-19-16-3-1-2-4-17(16)20-18/h1-8,23H,9-13H2,(H,19,20)/p+1. The molecule has 3 aromatic rings. The molecule has 0 atom stereocenters. The average Bonchev–Trinajstić information content (AvgIpc) is 2.98. The van der Waals surface area contributed by atoms with E-state index < -0.39 is 0 Å². The summed E-state index contributed by atoms with van der Waals surface area (Å²) in [5.41, 5.74) is 3.35. The number of phenolic OH excluding ortho intramolecular Hbond substituents is 1. The van der Waals surface area contributed by atoms with Gasteiger partial charge in [0.25, 0.3) is 0 Å². The number of aromatic amines is 1. The van der Waals surface area contributed by atoms with E-state index in [4.69, 9.17) is 0 Å². The van der Waals surface area contributed by atoms with Crippen molar-refractivity contribution < 1.29 is 10.0 Å². The maximum Gasteiger partial charge on any atom is 0.162 e. The molecule has 1 aliphatic heterocycles. The molecule has 4 rings (SSSR count). The predicted molar refractivity (Wildman–Crippen MR) is 90.8 cm³/mol. The lowest BCUT2D eigenvalue weighted by Crippen LogP contribution is -3.13. The lowest BCUT2D eigenvalue weighted by molar-refractivity contribution is -0.914. The molecule has 0 aliphatic carbocycles. The molecule has 1 aromatic heterocycles. The number of H-pyrrole nitrogens is 1. The number of nitrogens with zero attached hydrogens (tertiary/aromatic N) is 2. The Balaban J connectivity index is 1.38. The van der Waals surface area contributed by atoms with E-state index >= 15 is 0 Å². The fourth-order valence-corrected chi connectivity index (χ4v) is 3.25. The van der Waals surface area contributed by atoms with Gasteiger partial charge in [-0.15, -0.1) is 0 Å². The average molecular weight is 309 g/mol. The number of aromatic nitrogens is 2. The highest BCUT2D eigenvalue weighted by atomic mass is 16.3. The number of hydrogen-bond donors (Lipinski definition) is 3. The number of quaternary nitrogens is 1. The molecule has 1 fully saturated rings. The van der Waals surface area contributed by atoms with E-state index in [-0.39, 0.29) is 0 Å². The van der Waals surface area contributed by atoms with Crippen molar-refractivity contribution in [1.29, 1.82) is 0 Å². The Morgan fingerprint density at radius 1 is 1.04 bits per heavy atom. The van der Waals surface area contributed by atoms with Gasteiger partial charge in [0.05, 0.1) is 37.2 Å². The molecule has 0 saturated carbocycles. The number of para-hydroxylation sites is 2. The van der Waals surface area contributed by atoms with Crippen molar-refractivity contribution in [2.24, 2.45) is 0 Å². The van der Waals surface area contributed by atoms with Crippen LogP contribution in [0.3, 0.4) is 0 Å². The van der Waals surface area contributed by atoms with Crippen molar-refractivity contribution >= 4 is 16.7 Å². The minimum Gasteiger partial charge on any atom is -0.508 e. The summed E-state index contributed by atoms with van der Waals surface area (Å²) in [5, 5.41) is 9.39. The Morgan fingerprint density at radius 2 is 1.78 bits per heavy atom. The summed E-state index contributed by atoms with van der Waals surface area (Å²) in [4.78, 5) is 12.0. The van der Waals surface area contributed by atoms with Crippen LogP contribution in [0.1, 0.15) is 5.82 Å². The third-order valence-electron chi connectivity index (χ3n) is 4.54. The van der Waals surface area contributed by atoms with Crippen LogP contribution in [0.15, 0.2) is 48.5 Å². The fraction of sp³-hybridized carbons (Fsp3) is 0.278. The first-order valence-electron chi connectivity index (χ1n) is 8.09. The van der Waals surface area contributed by atoms with E-state index in [0.717, 1.165) is 49.6 Å². The molecule has 5 heteroatoms. The monoisotopic (exact) mass is 309 g/mol. The molecule has 1 aliphatic rings. The van der Waals surface area contributed by atoms with Crippen LogP contribution in [0.5, 0.6) is 5.75 Å².